The van der Waals surface area contributed by atoms with E-state index in [0.29, 0.717) is 19.6 Å². The molecular formula is C7H11N3O3S. The molecule has 1 aliphatic rings. The topological polar surface area (TPSA) is 84.1 Å². The molecular weight excluding hydrogens is 206 g/mol. The Labute approximate surface area is 81.7 Å². The number of hydrogen-bond acceptors (Lipinski definition) is 4. The molecule has 14 heavy (non-hydrogen) atoms. The van der Waals surface area contributed by atoms with Crippen molar-refractivity contribution in [3.05, 3.63) is 12.5 Å². The van der Waals surface area contributed by atoms with Crippen LogP contribution in [0.4, 0.5) is 0 Å². The molecule has 2 N–H and O–H groups in total. The van der Waals surface area contributed by atoms with Crippen molar-refractivity contribution in [3.63, 3.8) is 0 Å². The van der Waals surface area contributed by atoms with Crippen LogP contribution in [-0.2, 0) is 14.8 Å². The van der Waals surface area contributed by atoms with E-state index < -0.39 is 10.0 Å². The first kappa shape index (κ1) is 9.63. The summed E-state index contributed by atoms with van der Waals surface area (Å²) in [5.74, 6) is 0. The van der Waals surface area contributed by atoms with E-state index in [1.165, 1.54) is 12.5 Å². The number of ether oxygens (including phenoxy) is 1. The molecule has 0 bridgehead atoms. The van der Waals surface area contributed by atoms with Crippen molar-refractivity contribution in [2.75, 3.05) is 13.2 Å². The standard InChI is InChI=1S/C7H11N3O3S/c11-14(12,7-3-8-5-9-7)10-6-1-2-13-4-6/h3,5-6,10H,1-2,4H2,(H,8,9). The van der Waals surface area contributed by atoms with E-state index in [0.717, 1.165) is 0 Å². The van der Waals surface area contributed by atoms with Crippen LogP contribution in [-0.4, -0.2) is 37.6 Å². The number of hydrogen-bond donors (Lipinski definition) is 2. The first-order valence-electron chi connectivity index (χ1n) is 4.27. The minimum Gasteiger partial charge on any atom is -0.380 e. The molecule has 1 aliphatic heterocycles. The van der Waals surface area contributed by atoms with Gasteiger partial charge in [-0.05, 0) is 6.42 Å². The molecule has 0 saturated carbocycles. The van der Waals surface area contributed by atoms with Gasteiger partial charge in [0.15, 0.2) is 5.03 Å². The zero-order valence-electron chi connectivity index (χ0n) is 7.43. The molecule has 6 nitrogen and oxygen atoms in total. The quantitative estimate of drug-likeness (QED) is 0.713. The number of aromatic nitrogens is 2. The van der Waals surface area contributed by atoms with Gasteiger partial charge in [0, 0.05) is 12.6 Å². The monoisotopic (exact) mass is 217 g/mol. The molecule has 1 aromatic rings. The Morgan fingerprint density at radius 3 is 3.07 bits per heavy atom. The molecule has 2 heterocycles. The number of nitrogens with zero attached hydrogens (tertiary/aromatic N) is 1. The van der Waals surface area contributed by atoms with Crippen molar-refractivity contribution in [1.82, 2.24) is 14.7 Å². The van der Waals surface area contributed by atoms with E-state index in [1.807, 2.05) is 0 Å². The van der Waals surface area contributed by atoms with E-state index in [9.17, 15) is 8.42 Å². The average Bonchev–Trinajstić information content (AvgIpc) is 2.71. The number of imidazole rings is 1. The van der Waals surface area contributed by atoms with Crippen LogP contribution in [0.2, 0.25) is 0 Å². The second-order valence-electron chi connectivity index (χ2n) is 3.10. The fourth-order valence-electron chi connectivity index (χ4n) is 1.30. The van der Waals surface area contributed by atoms with Crippen LogP contribution in [0.25, 0.3) is 0 Å². The zero-order valence-corrected chi connectivity index (χ0v) is 8.25. The first-order chi connectivity index (χ1) is 6.68. The number of H-pyrrole nitrogens is 1. The van der Waals surface area contributed by atoms with Crippen molar-refractivity contribution in [2.24, 2.45) is 0 Å². The lowest BCUT2D eigenvalue weighted by Gasteiger charge is -2.09. The van der Waals surface area contributed by atoms with Gasteiger partial charge in [0.25, 0.3) is 10.0 Å². The van der Waals surface area contributed by atoms with E-state index in [1.54, 1.807) is 0 Å². The van der Waals surface area contributed by atoms with Gasteiger partial charge in [-0.25, -0.2) is 18.1 Å². The van der Waals surface area contributed by atoms with Crippen molar-refractivity contribution >= 4 is 10.0 Å². The van der Waals surface area contributed by atoms with Gasteiger partial charge in [-0.1, -0.05) is 0 Å². The molecule has 0 radical (unpaired) electrons. The smallest absolute Gasteiger partial charge is 0.257 e. The van der Waals surface area contributed by atoms with Gasteiger partial charge < -0.3 is 9.72 Å². The molecule has 0 amide bonds. The van der Waals surface area contributed by atoms with Gasteiger partial charge in [-0.15, -0.1) is 0 Å². The summed E-state index contributed by atoms with van der Waals surface area (Å²) in [6.45, 7) is 1.05. The maximum Gasteiger partial charge on any atom is 0.257 e. The Morgan fingerprint density at radius 1 is 1.64 bits per heavy atom. The number of nitrogens with one attached hydrogen (secondary N) is 2. The maximum atomic E-state index is 11.6. The van der Waals surface area contributed by atoms with Crippen LogP contribution in [0.1, 0.15) is 6.42 Å². The molecule has 78 valence electrons. The predicted molar refractivity (Wildman–Crippen MR) is 48.1 cm³/mol. The summed E-state index contributed by atoms with van der Waals surface area (Å²) in [7, 11) is -3.45. The maximum absolute atomic E-state index is 11.6. The molecule has 0 spiro atoms. The molecule has 1 saturated heterocycles. The van der Waals surface area contributed by atoms with Crippen LogP contribution in [0, 0.1) is 0 Å². The second-order valence-corrected chi connectivity index (χ2v) is 4.78. The first-order valence-corrected chi connectivity index (χ1v) is 5.75. The minimum absolute atomic E-state index is 0.0874. The van der Waals surface area contributed by atoms with Gasteiger partial charge >= 0.3 is 0 Å². The lowest BCUT2D eigenvalue weighted by molar-refractivity contribution is 0.192. The summed E-state index contributed by atoms with van der Waals surface area (Å²) >= 11 is 0. The highest BCUT2D eigenvalue weighted by molar-refractivity contribution is 7.89. The molecule has 1 unspecified atom stereocenters. The second kappa shape index (κ2) is 3.68. The normalized spacial score (nSPS) is 22.7. The van der Waals surface area contributed by atoms with Gasteiger partial charge in [0.05, 0.1) is 19.1 Å². The Kier molecular flexibility index (Phi) is 2.53. The average molecular weight is 217 g/mol. The van der Waals surface area contributed by atoms with Gasteiger partial charge in [0.1, 0.15) is 0 Å². The third-order valence-electron chi connectivity index (χ3n) is 2.01. The zero-order chi connectivity index (χ0) is 10.0. The van der Waals surface area contributed by atoms with E-state index in [-0.39, 0.29) is 11.1 Å². The highest BCUT2D eigenvalue weighted by Gasteiger charge is 2.23. The Bertz CT molecular complexity index is 380. The molecule has 0 aliphatic carbocycles. The highest BCUT2D eigenvalue weighted by Crippen LogP contribution is 2.09. The SMILES string of the molecule is O=S(=O)(NC1CCOC1)c1cnc[nH]1. The summed E-state index contributed by atoms with van der Waals surface area (Å²) in [4.78, 5) is 6.21. The summed E-state index contributed by atoms with van der Waals surface area (Å²) in [5, 5.41) is 0.0874. The van der Waals surface area contributed by atoms with Crippen molar-refractivity contribution in [3.8, 4) is 0 Å². The molecule has 1 aromatic heterocycles. The van der Waals surface area contributed by atoms with Crippen molar-refractivity contribution in [1.29, 1.82) is 0 Å². The fourth-order valence-corrected chi connectivity index (χ4v) is 2.46. The van der Waals surface area contributed by atoms with Gasteiger partial charge in [-0.3, -0.25) is 0 Å². The number of aromatic amines is 1. The summed E-state index contributed by atoms with van der Waals surface area (Å²) < 4.78 is 30.8. The fraction of sp³-hybridized carbons (Fsp3) is 0.571. The highest BCUT2D eigenvalue weighted by atomic mass is 32.2. The Hall–Kier alpha value is -0.920. The summed E-state index contributed by atoms with van der Waals surface area (Å²) in [5.41, 5.74) is 0. The van der Waals surface area contributed by atoms with Crippen molar-refractivity contribution < 1.29 is 13.2 Å². The third-order valence-corrected chi connectivity index (χ3v) is 3.46. The molecule has 1 fully saturated rings. The summed E-state index contributed by atoms with van der Waals surface area (Å²) in [6, 6.07) is -0.122. The Balaban J connectivity index is 2.09. The van der Waals surface area contributed by atoms with E-state index in [4.69, 9.17) is 4.74 Å². The van der Waals surface area contributed by atoms with E-state index in [2.05, 4.69) is 14.7 Å². The molecule has 7 heteroatoms. The lowest BCUT2D eigenvalue weighted by Crippen LogP contribution is -2.35. The van der Waals surface area contributed by atoms with Crippen LogP contribution < -0.4 is 4.72 Å². The van der Waals surface area contributed by atoms with Crippen LogP contribution in [0.15, 0.2) is 17.6 Å². The molecule has 0 aromatic carbocycles. The number of rotatable bonds is 3. The predicted octanol–water partition coefficient (Wildman–Crippen LogP) is -0.523. The van der Waals surface area contributed by atoms with Crippen LogP contribution >= 0.6 is 0 Å². The van der Waals surface area contributed by atoms with Gasteiger partial charge in [-0.2, -0.15) is 0 Å². The molecule has 1 atom stereocenters. The third kappa shape index (κ3) is 1.94. The summed E-state index contributed by atoms with van der Waals surface area (Å²) in [6.07, 6.45) is 3.32. The molecule has 2 rings (SSSR count). The van der Waals surface area contributed by atoms with E-state index >= 15 is 0 Å². The minimum atomic E-state index is -3.45. The largest absolute Gasteiger partial charge is 0.380 e. The Morgan fingerprint density at radius 2 is 2.50 bits per heavy atom. The number of sulfonamides is 1. The van der Waals surface area contributed by atoms with Gasteiger partial charge in [0.2, 0.25) is 0 Å². The van der Waals surface area contributed by atoms with Crippen molar-refractivity contribution in [2.45, 2.75) is 17.5 Å². The van der Waals surface area contributed by atoms with Crippen LogP contribution in [0.3, 0.4) is 0 Å². The lowest BCUT2D eigenvalue weighted by atomic mass is 10.3. The van der Waals surface area contributed by atoms with Crippen LogP contribution in [0.5, 0.6) is 0 Å².